The van der Waals surface area contributed by atoms with E-state index >= 15 is 0 Å². The Morgan fingerprint density at radius 3 is 2.65 bits per heavy atom. The fourth-order valence-corrected chi connectivity index (χ4v) is 3.57. The summed E-state index contributed by atoms with van der Waals surface area (Å²) in [6.45, 7) is 7.70. The topological polar surface area (TPSA) is 32.8 Å². The number of ether oxygens (including phenoxy) is 1. The number of methoxy groups -OCH3 is 1. The van der Waals surface area contributed by atoms with Gasteiger partial charge in [0.25, 0.3) is 0 Å². The third-order valence-corrected chi connectivity index (χ3v) is 4.79. The molecule has 4 nitrogen and oxygen atoms in total. The number of rotatable bonds is 5. The number of piperazine rings is 1. The third kappa shape index (κ3) is 3.81. The van der Waals surface area contributed by atoms with Gasteiger partial charge in [-0.05, 0) is 25.3 Å². The summed E-state index contributed by atoms with van der Waals surface area (Å²) in [6.07, 6.45) is 0.537. The molecule has 1 fully saturated rings. The van der Waals surface area contributed by atoms with Crippen molar-refractivity contribution in [2.24, 2.45) is 0 Å². The Bertz CT molecular complexity index is 410. The summed E-state index contributed by atoms with van der Waals surface area (Å²) < 4.78 is 5.16. The highest BCUT2D eigenvalue weighted by atomic mass is 32.1. The lowest BCUT2D eigenvalue weighted by molar-refractivity contribution is -0.135. The molecule has 1 saturated heterocycles. The summed E-state index contributed by atoms with van der Waals surface area (Å²) in [7, 11) is 1.73. The zero-order valence-corrected chi connectivity index (χ0v) is 13.4. The van der Waals surface area contributed by atoms with Crippen LogP contribution in [-0.2, 0) is 16.0 Å². The van der Waals surface area contributed by atoms with Crippen LogP contribution >= 0.6 is 11.3 Å². The Morgan fingerprint density at radius 2 is 2.10 bits per heavy atom. The highest BCUT2D eigenvalue weighted by molar-refractivity contribution is 7.10. The van der Waals surface area contributed by atoms with E-state index in [2.05, 4.69) is 18.7 Å². The predicted octanol–water partition coefficient (Wildman–Crippen LogP) is 1.86. The lowest BCUT2D eigenvalue weighted by Crippen LogP contribution is -2.58. The Balaban J connectivity index is 1.90. The molecule has 2 heterocycles. The Kier molecular flexibility index (Phi) is 5.57. The number of hydrogen-bond acceptors (Lipinski definition) is 4. The van der Waals surface area contributed by atoms with Crippen molar-refractivity contribution in [1.29, 1.82) is 0 Å². The first-order chi connectivity index (χ1) is 9.61. The Hall–Kier alpha value is -0.910. The molecular weight excluding hydrogens is 272 g/mol. The van der Waals surface area contributed by atoms with Crippen LogP contribution in [0.5, 0.6) is 0 Å². The highest BCUT2D eigenvalue weighted by Crippen LogP contribution is 2.17. The van der Waals surface area contributed by atoms with Crippen LogP contribution in [0, 0.1) is 0 Å². The smallest absolute Gasteiger partial charge is 0.227 e. The summed E-state index contributed by atoms with van der Waals surface area (Å²) in [5, 5.41) is 2.02. The van der Waals surface area contributed by atoms with Crippen LogP contribution in [0.4, 0.5) is 0 Å². The van der Waals surface area contributed by atoms with Gasteiger partial charge in [0.2, 0.25) is 5.91 Å². The highest BCUT2D eigenvalue weighted by Gasteiger charge is 2.31. The van der Waals surface area contributed by atoms with Crippen LogP contribution in [0.3, 0.4) is 0 Å². The van der Waals surface area contributed by atoms with Crippen molar-refractivity contribution in [3.63, 3.8) is 0 Å². The molecule has 0 aliphatic carbocycles. The van der Waals surface area contributed by atoms with Crippen molar-refractivity contribution in [3.8, 4) is 0 Å². The van der Waals surface area contributed by atoms with E-state index in [1.54, 1.807) is 18.4 Å². The molecular formula is C15H24N2O2S. The van der Waals surface area contributed by atoms with Gasteiger partial charge in [-0.25, -0.2) is 0 Å². The second kappa shape index (κ2) is 7.20. The molecule has 1 aliphatic heterocycles. The average Bonchev–Trinajstić information content (AvgIpc) is 2.90. The zero-order valence-electron chi connectivity index (χ0n) is 12.5. The maximum atomic E-state index is 12.4. The standard InChI is InChI=1S/C15H24N2O2S/c1-12-10-16(11-13(2)17(12)6-7-19-3)15(18)9-14-5-4-8-20-14/h4-5,8,12-13H,6-7,9-11H2,1-3H3. The van der Waals surface area contributed by atoms with Gasteiger partial charge in [0.1, 0.15) is 0 Å². The molecule has 5 heteroatoms. The summed E-state index contributed by atoms with van der Waals surface area (Å²) >= 11 is 1.65. The number of nitrogens with zero attached hydrogens (tertiary/aromatic N) is 2. The molecule has 1 aliphatic rings. The van der Waals surface area contributed by atoms with Crippen LogP contribution in [0.2, 0.25) is 0 Å². The number of thiophene rings is 1. The molecule has 1 amide bonds. The number of amides is 1. The van der Waals surface area contributed by atoms with Crippen molar-refractivity contribution in [2.45, 2.75) is 32.4 Å². The molecule has 0 radical (unpaired) electrons. The molecule has 20 heavy (non-hydrogen) atoms. The van der Waals surface area contributed by atoms with Gasteiger partial charge in [-0.3, -0.25) is 9.69 Å². The normalized spacial score (nSPS) is 24.1. The Labute approximate surface area is 125 Å². The van der Waals surface area contributed by atoms with E-state index in [0.29, 0.717) is 18.5 Å². The van der Waals surface area contributed by atoms with Gasteiger partial charge in [-0.1, -0.05) is 6.07 Å². The molecule has 0 bridgehead atoms. The number of carbonyl (C=O) groups is 1. The van der Waals surface area contributed by atoms with Gasteiger partial charge >= 0.3 is 0 Å². The minimum absolute atomic E-state index is 0.248. The van der Waals surface area contributed by atoms with Crippen molar-refractivity contribution in [1.82, 2.24) is 9.80 Å². The van der Waals surface area contributed by atoms with Crippen LogP contribution in [0.15, 0.2) is 17.5 Å². The quantitative estimate of drug-likeness (QED) is 0.831. The van der Waals surface area contributed by atoms with Crippen LogP contribution in [-0.4, -0.2) is 61.1 Å². The minimum atomic E-state index is 0.248. The average molecular weight is 296 g/mol. The second-order valence-corrected chi connectivity index (χ2v) is 6.52. The van der Waals surface area contributed by atoms with Gasteiger partial charge in [-0.2, -0.15) is 0 Å². The van der Waals surface area contributed by atoms with Gasteiger partial charge < -0.3 is 9.64 Å². The summed E-state index contributed by atoms with van der Waals surface area (Å²) in [4.78, 5) is 18.0. The van der Waals surface area contributed by atoms with Gasteiger partial charge in [0.15, 0.2) is 0 Å². The number of hydrogen-bond donors (Lipinski definition) is 0. The molecule has 0 spiro atoms. The van der Waals surface area contributed by atoms with E-state index in [9.17, 15) is 4.79 Å². The first-order valence-electron chi connectivity index (χ1n) is 7.16. The van der Waals surface area contributed by atoms with E-state index in [-0.39, 0.29) is 5.91 Å². The van der Waals surface area contributed by atoms with Crippen molar-refractivity contribution in [3.05, 3.63) is 22.4 Å². The van der Waals surface area contributed by atoms with Crippen LogP contribution in [0.1, 0.15) is 18.7 Å². The van der Waals surface area contributed by atoms with Crippen molar-refractivity contribution >= 4 is 17.2 Å². The fourth-order valence-electron chi connectivity index (χ4n) is 2.87. The lowest BCUT2D eigenvalue weighted by atomic mass is 10.1. The summed E-state index contributed by atoms with van der Waals surface area (Å²) in [6, 6.07) is 4.81. The fraction of sp³-hybridized carbons (Fsp3) is 0.667. The molecule has 0 N–H and O–H groups in total. The zero-order chi connectivity index (χ0) is 14.5. The van der Waals surface area contributed by atoms with E-state index < -0.39 is 0 Å². The largest absolute Gasteiger partial charge is 0.383 e. The SMILES string of the molecule is COCCN1C(C)CN(C(=O)Cc2cccs2)CC1C. The first-order valence-corrected chi connectivity index (χ1v) is 8.04. The molecule has 112 valence electrons. The molecule has 0 saturated carbocycles. The minimum Gasteiger partial charge on any atom is -0.383 e. The Morgan fingerprint density at radius 1 is 1.40 bits per heavy atom. The van der Waals surface area contributed by atoms with Gasteiger partial charge in [0.05, 0.1) is 13.0 Å². The molecule has 2 rings (SSSR count). The van der Waals surface area contributed by atoms with Crippen LogP contribution < -0.4 is 0 Å². The number of carbonyl (C=O) groups excluding carboxylic acids is 1. The van der Waals surface area contributed by atoms with E-state index in [1.807, 2.05) is 22.4 Å². The van der Waals surface area contributed by atoms with E-state index in [4.69, 9.17) is 4.74 Å². The summed E-state index contributed by atoms with van der Waals surface area (Å²) in [5.41, 5.74) is 0. The molecule has 2 unspecified atom stereocenters. The van der Waals surface area contributed by atoms with Gasteiger partial charge in [0, 0.05) is 43.7 Å². The van der Waals surface area contributed by atoms with E-state index in [1.165, 1.54) is 0 Å². The van der Waals surface area contributed by atoms with Crippen molar-refractivity contribution < 1.29 is 9.53 Å². The van der Waals surface area contributed by atoms with E-state index in [0.717, 1.165) is 31.1 Å². The van der Waals surface area contributed by atoms with Crippen molar-refractivity contribution in [2.75, 3.05) is 33.4 Å². The first kappa shape index (κ1) is 15.5. The molecule has 1 aromatic rings. The molecule has 1 aromatic heterocycles. The molecule has 0 aromatic carbocycles. The maximum Gasteiger partial charge on any atom is 0.227 e. The maximum absolute atomic E-state index is 12.4. The monoisotopic (exact) mass is 296 g/mol. The molecule has 2 atom stereocenters. The second-order valence-electron chi connectivity index (χ2n) is 5.48. The summed E-state index contributed by atoms with van der Waals surface area (Å²) in [5.74, 6) is 0.248. The van der Waals surface area contributed by atoms with Crippen LogP contribution in [0.25, 0.3) is 0 Å². The lowest BCUT2D eigenvalue weighted by Gasteiger charge is -2.44. The third-order valence-electron chi connectivity index (χ3n) is 3.91. The van der Waals surface area contributed by atoms with Gasteiger partial charge in [-0.15, -0.1) is 11.3 Å². The predicted molar refractivity (Wildman–Crippen MR) is 82.1 cm³/mol.